The molecule has 1 N–H and O–H groups in total. The van der Waals surface area contributed by atoms with Crippen molar-refractivity contribution in [1.82, 2.24) is 4.90 Å². The fourth-order valence-corrected chi connectivity index (χ4v) is 4.44. The van der Waals surface area contributed by atoms with Crippen LogP contribution in [0.4, 0.5) is 21.0 Å². The van der Waals surface area contributed by atoms with Gasteiger partial charge in [-0.25, -0.2) is 9.59 Å². The molecule has 0 unspecified atom stereocenters. The van der Waals surface area contributed by atoms with Crippen LogP contribution in [0.5, 0.6) is 0 Å². The van der Waals surface area contributed by atoms with Crippen molar-refractivity contribution in [2.75, 3.05) is 23.4 Å². The lowest BCUT2D eigenvalue weighted by atomic mass is 10.2. The van der Waals surface area contributed by atoms with Gasteiger partial charge in [-0.05, 0) is 47.4 Å². The van der Waals surface area contributed by atoms with Crippen LogP contribution < -0.4 is 10.2 Å². The van der Waals surface area contributed by atoms with E-state index in [9.17, 15) is 9.59 Å². The lowest BCUT2D eigenvalue weighted by Gasteiger charge is -2.29. The normalized spacial score (nSPS) is 17.2. The molecule has 6 nitrogen and oxygen atoms in total. The van der Waals surface area contributed by atoms with Gasteiger partial charge in [0.15, 0.2) is 0 Å². The van der Waals surface area contributed by atoms with Crippen molar-refractivity contribution in [2.24, 2.45) is 0 Å². The van der Waals surface area contributed by atoms with E-state index in [-0.39, 0.29) is 18.2 Å². The number of anilines is 2. The SMILES string of the molecule is O=C1OCCN1c1ccccc1NC(=O)N(Cc1ccsc1)C1CCCC1. The maximum Gasteiger partial charge on any atom is 0.414 e. The number of rotatable bonds is 5. The zero-order valence-electron chi connectivity index (χ0n) is 15.1. The van der Waals surface area contributed by atoms with Crippen LogP contribution in [0.15, 0.2) is 41.1 Å². The van der Waals surface area contributed by atoms with Crippen molar-refractivity contribution in [3.63, 3.8) is 0 Å². The molecule has 0 bridgehead atoms. The molecule has 27 heavy (non-hydrogen) atoms. The fraction of sp³-hybridized carbons (Fsp3) is 0.400. The summed E-state index contributed by atoms with van der Waals surface area (Å²) >= 11 is 1.64. The first-order valence-electron chi connectivity index (χ1n) is 9.34. The molecule has 1 saturated carbocycles. The van der Waals surface area contributed by atoms with Crippen molar-refractivity contribution in [3.8, 4) is 0 Å². The van der Waals surface area contributed by atoms with Gasteiger partial charge in [-0.1, -0.05) is 25.0 Å². The third kappa shape index (κ3) is 3.93. The monoisotopic (exact) mass is 385 g/mol. The van der Waals surface area contributed by atoms with Crippen molar-refractivity contribution in [2.45, 2.75) is 38.3 Å². The molecule has 2 heterocycles. The molecule has 0 atom stereocenters. The molecule has 4 rings (SSSR count). The topological polar surface area (TPSA) is 61.9 Å². The number of amides is 3. The van der Waals surface area contributed by atoms with Gasteiger partial charge in [0.1, 0.15) is 6.61 Å². The van der Waals surface area contributed by atoms with E-state index in [0.29, 0.717) is 31.1 Å². The summed E-state index contributed by atoms with van der Waals surface area (Å²) in [4.78, 5) is 28.6. The van der Waals surface area contributed by atoms with Gasteiger partial charge < -0.3 is 15.0 Å². The summed E-state index contributed by atoms with van der Waals surface area (Å²) in [5, 5.41) is 7.16. The third-order valence-corrected chi connectivity index (χ3v) is 5.89. The molecule has 2 aromatic rings. The number of hydrogen-bond donors (Lipinski definition) is 1. The minimum absolute atomic E-state index is 0.117. The van der Waals surface area contributed by atoms with Crippen LogP contribution in [-0.4, -0.2) is 36.2 Å². The fourth-order valence-electron chi connectivity index (χ4n) is 3.78. The Bertz CT molecular complexity index is 803. The van der Waals surface area contributed by atoms with E-state index in [1.807, 2.05) is 34.5 Å². The molecule has 1 aliphatic heterocycles. The number of ether oxygens (including phenoxy) is 1. The van der Waals surface area contributed by atoms with E-state index in [1.165, 1.54) is 0 Å². The van der Waals surface area contributed by atoms with Crippen molar-refractivity contribution in [1.29, 1.82) is 0 Å². The van der Waals surface area contributed by atoms with E-state index in [2.05, 4.69) is 16.8 Å². The Kier molecular flexibility index (Phi) is 5.29. The minimum atomic E-state index is -0.373. The number of para-hydroxylation sites is 2. The molecule has 2 fully saturated rings. The average molecular weight is 385 g/mol. The molecular weight excluding hydrogens is 362 g/mol. The van der Waals surface area contributed by atoms with Crippen molar-refractivity contribution < 1.29 is 14.3 Å². The maximum absolute atomic E-state index is 13.2. The summed E-state index contributed by atoms with van der Waals surface area (Å²) in [6.45, 7) is 1.47. The molecule has 2 aliphatic rings. The van der Waals surface area contributed by atoms with Gasteiger partial charge in [-0.2, -0.15) is 11.3 Å². The molecule has 1 saturated heterocycles. The second-order valence-electron chi connectivity index (χ2n) is 6.91. The molecule has 142 valence electrons. The lowest BCUT2D eigenvalue weighted by molar-refractivity contribution is 0.180. The highest BCUT2D eigenvalue weighted by Gasteiger charge is 2.29. The zero-order chi connectivity index (χ0) is 18.6. The Hall–Kier alpha value is -2.54. The third-order valence-electron chi connectivity index (χ3n) is 5.16. The number of cyclic esters (lactones) is 1. The molecule has 0 radical (unpaired) electrons. The van der Waals surface area contributed by atoms with Gasteiger partial charge in [0.2, 0.25) is 0 Å². The van der Waals surface area contributed by atoms with Gasteiger partial charge in [-0.15, -0.1) is 0 Å². The predicted octanol–water partition coefficient (Wildman–Crippen LogP) is 4.68. The number of nitrogens with one attached hydrogen (secondary N) is 1. The van der Waals surface area contributed by atoms with Crippen LogP contribution in [0.1, 0.15) is 31.2 Å². The van der Waals surface area contributed by atoms with E-state index >= 15 is 0 Å². The summed E-state index contributed by atoms with van der Waals surface area (Å²) in [6.07, 6.45) is 4.03. The zero-order valence-corrected chi connectivity index (χ0v) is 15.9. The van der Waals surface area contributed by atoms with Crippen LogP contribution in [-0.2, 0) is 11.3 Å². The van der Waals surface area contributed by atoms with Crippen LogP contribution >= 0.6 is 11.3 Å². The Morgan fingerprint density at radius 3 is 2.78 bits per heavy atom. The summed E-state index contributed by atoms with van der Waals surface area (Å²) in [6, 6.07) is 9.59. The molecule has 0 spiro atoms. The predicted molar refractivity (Wildman–Crippen MR) is 106 cm³/mol. The lowest BCUT2D eigenvalue weighted by Crippen LogP contribution is -2.41. The smallest absolute Gasteiger partial charge is 0.414 e. The summed E-state index contributed by atoms with van der Waals surface area (Å²) in [5.74, 6) is 0. The molecule has 3 amide bonds. The van der Waals surface area contributed by atoms with Crippen LogP contribution in [0.2, 0.25) is 0 Å². The number of benzene rings is 1. The largest absolute Gasteiger partial charge is 0.447 e. The Morgan fingerprint density at radius 2 is 2.07 bits per heavy atom. The highest BCUT2D eigenvalue weighted by atomic mass is 32.1. The van der Waals surface area contributed by atoms with Crippen molar-refractivity contribution in [3.05, 3.63) is 46.7 Å². The van der Waals surface area contributed by atoms with Crippen molar-refractivity contribution >= 4 is 34.8 Å². The highest BCUT2D eigenvalue weighted by Crippen LogP contribution is 2.30. The average Bonchev–Trinajstić information content (AvgIpc) is 3.43. The summed E-state index contributed by atoms with van der Waals surface area (Å²) < 4.78 is 5.04. The molecule has 1 aliphatic carbocycles. The Labute approximate surface area is 162 Å². The number of nitrogens with zero attached hydrogens (tertiary/aromatic N) is 2. The first-order valence-corrected chi connectivity index (χ1v) is 10.3. The van der Waals surface area contributed by atoms with E-state index in [0.717, 1.165) is 31.2 Å². The number of urea groups is 1. The van der Waals surface area contributed by atoms with E-state index in [4.69, 9.17) is 4.74 Å². The van der Waals surface area contributed by atoms with Crippen LogP contribution in [0.3, 0.4) is 0 Å². The molecule has 7 heteroatoms. The highest BCUT2D eigenvalue weighted by molar-refractivity contribution is 7.07. The van der Waals surface area contributed by atoms with Gasteiger partial charge in [0.25, 0.3) is 0 Å². The van der Waals surface area contributed by atoms with E-state index < -0.39 is 0 Å². The number of carbonyl (C=O) groups excluding carboxylic acids is 2. The molecule has 1 aromatic carbocycles. The maximum atomic E-state index is 13.2. The number of hydrogen-bond acceptors (Lipinski definition) is 4. The summed E-state index contributed by atoms with van der Waals surface area (Å²) in [5.41, 5.74) is 2.46. The minimum Gasteiger partial charge on any atom is -0.447 e. The first kappa shape index (κ1) is 17.9. The van der Waals surface area contributed by atoms with Gasteiger partial charge >= 0.3 is 12.1 Å². The second kappa shape index (κ2) is 8.00. The van der Waals surface area contributed by atoms with Gasteiger partial charge in [-0.3, -0.25) is 4.90 Å². The molecule has 1 aromatic heterocycles. The van der Waals surface area contributed by atoms with Crippen LogP contribution in [0, 0.1) is 0 Å². The van der Waals surface area contributed by atoms with Gasteiger partial charge in [0, 0.05) is 12.6 Å². The van der Waals surface area contributed by atoms with Gasteiger partial charge in [0.05, 0.1) is 17.9 Å². The Morgan fingerprint density at radius 1 is 1.26 bits per heavy atom. The van der Waals surface area contributed by atoms with Crippen LogP contribution in [0.25, 0.3) is 0 Å². The number of carbonyl (C=O) groups is 2. The quantitative estimate of drug-likeness (QED) is 0.813. The molecular formula is C20H23N3O3S. The Balaban J connectivity index is 1.55. The second-order valence-corrected chi connectivity index (χ2v) is 7.69. The standard InChI is InChI=1S/C20H23N3O3S/c24-19(23(16-5-1-2-6-16)13-15-9-12-27-14-15)21-17-7-3-4-8-18(17)22-10-11-26-20(22)25/h3-4,7-9,12,14,16H,1-2,5-6,10-11,13H2,(H,21,24). The first-order chi connectivity index (χ1) is 13.2. The number of thiophene rings is 1. The van der Waals surface area contributed by atoms with E-state index in [1.54, 1.807) is 16.2 Å². The summed E-state index contributed by atoms with van der Waals surface area (Å²) in [7, 11) is 0.